The van der Waals surface area contributed by atoms with E-state index in [0.29, 0.717) is 16.4 Å². The van der Waals surface area contributed by atoms with Gasteiger partial charge in [-0.3, -0.25) is 8.61 Å². The van der Waals surface area contributed by atoms with Crippen LogP contribution in [0.2, 0.25) is 5.02 Å². The lowest BCUT2D eigenvalue weighted by atomic mass is 10.3. The highest BCUT2D eigenvalue weighted by atomic mass is 35.5. The summed E-state index contributed by atoms with van der Waals surface area (Å²) < 4.78 is 52.1. The second-order valence-electron chi connectivity index (χ2n) is 4.96. The van der Waals surface area contributed by atoms with E-state index in [1.54, 1.807) is 24.3 Å². The molecule has 25 heavy (non-hydrogen) atoms. The number of fused-ring (bicyclic) bond motifs is 1. The van der Waals surface area contributed by atoms with Crippen LogP contribution in [0.1, 0.15) is 5.56 Å². The smallest absolute Gasteiger partial charge is 0.276 e. The molecule has 3 aromatic rings. The number of nitrogens with zero attached hydrogens (tertiary/aromatic N) is 3. The zero-order valence-corrected chi connectivity index (χ0v) is 14.9. The Hall–Kier alpha value is -1.58. The van der Waals surface area contributed by atoms with E-state index >= 15 is 0 Å². The minimum absolute atomic E-state index is 0.123. The molecule has 1 aromatic carbocycles. The van der Waals surface area contributed by atoms with Gasteiger partial charge < -0.3 is 0 Å². The lowest BCUT2D eigenvalue weighted by Crippen LogP contribution is -2.07. The summed E-state index contributed by atoms with van der Waals surface area (Å²) in [4.78, 5) is 0.705. The quantitative estimate of drug-likeness (QED) is 0.594. The van der Waals surface area contributed by atoms with Crippen molar-refractivity contribution in [2.24, 2.45) is 0 Å². The van der Waals surface area contributed by atoms with Crippen LogP contribution >= 0.6 is 23.4 Å². The number of benzene rings is 1. The molecule has 132 valence electrons. The van der Waals surface area contributed by atoms with Crippen LogP contribution in [0.15, 0.2) is 52.6 Å². The van der Waals surface area contributed by atoms with E-state index in [-0.39, 0.29) is 15.8 Å². The summed E-state index contributed by atoms with van der Waals surface area (Å²) in [6.07, 6.45) is -3.60. The maximum Gasteiger partial charge on any atom is 0.417 e. The Morgan fingerprint density at radius 2 is 1.92 bits per heavy atom. The van der Waals surface area contributed by atoms with Gasteiger partial charge in [0.2, 0.25) is 0 Å². The summed E-state index contributed by atoms with van der Waals surface area (Å²) in [5, 5.41) is 7.84. The number of hydrogen-bond donors (Lipinski definition) is 0. The molecule has 0 aliphatic heterocycles. The normalized spacial score (nSPS) is 13.3. The van der Waals surface area contributed by atoms with Crippen molar-refractivity contribution in [1.82, 2.24) is 14.6 Å². The van der Waals surface area contributed by atoms with Crippen LogP contribution in [-0.4, -0.2) is 30.3 Å². The van der Waals surface area contributed by atoms with E-state index < -0.39 is 22.5 Å². The van der Waals surface area contributed by atoms with Crippen LogP contribution in [-0.2, 0) is 17.0 Å². The third-order valence-corrected chi connectivity index (χ3v) is 6.12. The molecule has 4 nitrogen and oxygen atoms in total. The molecule has 10 heteroatoms. The molecule has 0 amide bonds. The third-order valence-electron chi connectivity index (χ3n) is 3.26. The van der Waals surface area contributed by atoms with Gasteiger partial charge in [0.25, 0.3) is 0 Å². The molecular formula is C15H11ClF3N3OS2. The molecule has 0 aliphatic rings. The Morgan fingerprint density at radius 3 is 2.60 bits per heavy atom. The SMILES string of the molecule is O=[S@@](CCSc1nnc2c(Cl)cc(C(F)(F)F)cn12)c1ccccc1. The van der Waals surface area contributed by atoms with E-state index in [4.69, 9.17) is 11.6 Å². The summed E-state index contributed by atoms with van der Waals surface area (Å²) in [7, 11) is -1.19. The van der Waals surface area contributed by atoms with Gasteiger partial charge in [0.15, 0.2) is 10.8 Å². The van der Waals surface area contributed by atoms with Gasteiger partial charge in [-0.05, 0) is 18.2 Å². The molecule has 1 atom stereocenters. The average Bonchev–Trinajstić information content (AvgIpc) is 2.98. The fourth-order valence-electron chi connectivity index (χ4n) is 2.09. The number of hydrogen-bond acceptors (Lipinski definition) is 4. The lowest BCUT2D eigenvalue weighted by Gasteiger charge is -2.08. The van der Waals surface area contributed by atoms with Gasteiger partial charge in [-0.15, -0.1) is 10.2 Å². The summed E-state index contributed by atoms with van der Waals surface area (Å²) in [6.45, 7) is 0. The van der Waals surface area contributed by atoms with Crippen molar-refractivity contribution in [3.63, 3.8) is 0 Å². The average molecular weight is 406 g/mol. The van der Waals surface area contributed by atoms with Gasteiger partial charge in [-0.2, -0.15) is 13.2 Å². The van der Waals surface area contributed by atoms with Crippen LogP contribution in [0.25, 0.3) is 5.65 Å². The van der Waals surface area contributed by atoms with Crippen molar-refractivity contribution in [2.45, 2.75) is 16.2 Å². The minimum Gasteiger partial charge on any atom is -0.276 e. The Kier molecular flexibility index (Phi) is 5.35. The maximum atomic E-state index is 12.9. The fourth-order valence-corrected chi connectivity index (χ4v) is 4.53. The highest BCUT2D eigenvalue weighted by molar-refractivity contribution is 8.00. The predicted molar refractivity (Wildman–Crippen MR) is 91.4 cm³/mol. The van der Waals surface area contributed by atoms with Crippen LogP contribution in [0, 0.1) is 0 Å². The van der Waals surface area contributed by atoms with Crippen molar-refractivity contribution in [2.75, 3.05) is 11.5 Å². The van der Waals surface area contributed by atoms with E-state index in [2.05, 4.69) is 10.2 Å². The molecule has 0 N–H and O–H groups in total. The van der Waals surface area contributed by atoms with E-state index in [1.807, 2.05) is 6.07 Å². The minimum atomic E-state index is -4.52. The first-order chi connectivity index (χ1) is 11.9. The fraction of sp³-hybridized carbons (Fsp3) is 0.200. The molecule has 0 aliphatic carbocycles. The molecule has 2 aromatic heterocycles. The van der Waals surface area contributed by atoms with Gasteiger partial charge in [-0.25, -0.2) is 0 Å². The van der Waals surface area contributed by atoms with E-state index in [9.17, 15) is 17.4 Å². The van der Waals surface area contributed by atoms with Gasteiger partial charge >= 0.3 is 6.18 Å². The highest BCUT2D eigenvalue weighted by Crippen LogP contribution is 2.33. The molecule has 0 fully saturated rings. The van der Waals surface area contributed by atoms with Gasteiger partial charge in [0, 0.05) is 22.6 Å². The lowest BCUT2D eigenvalue weighted by molar-refractivity contribution is -0.137. The molecular weight excluding hydrogens is 395 g/mol. The number of aromatic nitrogens is 3. The first kappa shape index (κ1) is 18.2. The van der Waals surface area contributed by atoms with Crippen molar-refractivity contribution in [3.05, 3.63) is 53.2 Å². The van der Waals surface area contributed by atoms with Gasteiger partial charge in [0.1, 0.15) is 0 Å². The Morgan fingerprint density at radius 1 is 1.20 bits per heavy atom. The molecule has 2 heterocycles. The molecule has 0 unspecified atom stereocenters. The summed E-state index contributed by atoms with van der Waals surface area (Å²) in [5.41, 5.74) is -0.721. The number of rotatable bonds is 5. The molecule has 0 radical (unpaired) electrons. The van der Waals surface area contributed by atoms with Gasteiger partial charge in [0.05, 0.1) is 21.4 Å². The predicted octanol–water partition coefficient (Wildman–Crippen LogP) is 4.30. The van der Waals surface area contributed by atoms with Crippen LogP contribution < -0.4 is 0 Å². The topological polar surface area (TPSA) is 47.3 Å². The Labute approximate surface area is 152 Å². The number of thioether (sulfide) groups is 1. The number of pyridine rings is 1. The highest BCUT2D eigenvalue weighted by Gasteiger charge is 2.32. The second kappa shape index (κ2) is 7.35. The monoisotopic (exact) mass is 405 g/mol. The van der Waals surface area contributed by atoms with Crippen molar-refractivity contribution in [3.8, 4) is 0 Å². The van der Waals surface area contributed by atoms with E-state index in [1.165, 1.54) is 16.2 Å². The van der Waals surface area contributed by atoms with E-state index in [0.717, 1.165) is 12.3 Å². The standard InChI is InChI=1S/C15H11ClF3N3OS2/c16-12-8-10(15(17,18)19)9-22-13(12)20-21-14(22)24-6-7-25(23)11-4-2-1-3-5-11/h1-5,8-9H,6-7H2/t25-/m0/s1. The zero-order chi connectivity index (χ0) is 18.0. The summed E-state index contributed by atoms with van der Waals surface area (Å²) in [5.74, 6) is 0.756. The molecule has 0 spiro atoms. The zero-order valence-electron chi connectivity index (χ0n) is 12.5. The van der Waals surface area contributed by atoms with Crippen LogP contribution in [0.4, 0.5) is 13.2 Å². The third kappa shape index (κ3) is 4.16. The Balaban J connectivity index is 1.76. The second-order valence-corrected chi connectivity index (χ2v) is 8.00. The summed E-state index contributed by atoms with van der Waals surface area (Å²) in [6, 6.07) is 9.79. The van der Waals surface area contributed by atoms with Crippen molar-refractivity contribution >= 4 is 39.8 Å². The van der Waals surface area contributed by atoms with Crippen molar-refractivity contribution < 1.29 is 17.4 Å². The Bertz CT molecular complexity index is 916. The van der Waals surface area contributed by atoms with Gasteiger partial charge in [-0.1, -0.05) is 41.6 Å². The van der Waals surface area contributed by atoms with Crippen molar-refractivity contribution in [1.29, 1.82) is 0 Å². The summed E-state index contributed by atoms with van der Waals surface area (Å²) >= 11 is 7.04. The largest absolute Gasteiger partial charge is 0.417 e. The van der Waals surface area contributed by atoms with Crippen LogP contribution in [0.5, 0.6) is 0 Å². The number of halogens is 4. The molecule has 0 saturated heterocycles. The van der Waals surface area contributed by atoms with Crippen LogP contribution in [0.3, 0.4) is 0 Å². The molecule has 0 saturated carbocycles. The number of alkyl halides is 3. The molecule has 0 bridgehead atoms. The molecule has 3 rings (SSSR count). The maximum absolute atomic E-state index is 12.9. The first-order valence-corrected chi connectivity index (χ1v) is 9.72. The first-order valence-electron chi connectivity index (χ1n) is 7.04.